The molecular weight excluding hydrogens is 448 g/mol. The first-order chi connectivity index (χ1) is 15.5. The molecule has 1 amide bonds. The van der Waals surface area contributed by atoms with E-state index in [2.05, 4.69) is 25.6 Å². The topological polar surface area (TPSA) is 94.8 Å². The van der Waals surface area contributed by atoms with Gasteiger partial charge in [-0.05, 0) is 42.8 Å². The number of aromatic nitrogens is 5. The standard InChI is InChI=1S/C22H19ClN6O2S/c1-14-7-8-16(12-18(14)23)29-19(13-32-22-24-9-4-10-25-22)20(27-28-29)21(30)26-15-5-3-6-17(11-15)31-2/h3-12H,13H2,1-2H3,(H,26,30). The third kappa shape index (κ3) is 4.90. The normalized spacial score (nSPS) is 10.7. The summed E-state index contributed by atoms with van der Waals surface area (Å²) in [6.07, 6.45) is 3.34. The summed E-state index contributed by atoms with van der Waals surface area (Å²) in [4.78, 5) is 21.5. The van der Waals surface area contributed by atoms with Gasteiger partial charge in [0, 0.05) is 34.9 Å². The van der Waals surface area contributed by atoms with Gasteiger partial charge in [0.05, 0.1) is 18.5 Å². The fraction of sp³-hybridized carbons (Fsp3) is 0.136. The third-order valence-corrected chi connectivity index (χ3v) is 5.88. The van der Waals surface area contributed by atoms with Crippen molar-refractivity contribution in [2.45, 2.75) is 17.8 Å². The van der Waals surface area contributed by atoms with Crippen LogP contribution in [0.5, 0.6) is 5.75 Å². The Labute approximate surface area is 194 Å². The molecule has 0 bridgehead atoms. The second-order valence-corrected chi connectivity index (χ2v) is 8.09. The number of benzene rings is 2. The smallest absolute Gasteiger partial charge is 0.278 e. The number of hydrogen-bond donors (Lipinski definition) is 1. The maximum atomic E-state index is 13.1. The molecule has 4 rings (SSSR count). The van der Waals surface area contributed by atoms with Gasteiger partial charge in [-0.3, -0.25) is 4.79 Å². The minimum atomic E-state index is -0.382. The molecule has 0 saturated heterocycles. The Balaban J connectivity index is 1.68. The Morgan fingerprint density at radius 3 is 2.72 bits per heavy atom. The summed E-state index contributed by atoms with van der Waals surface area (Å²) in [5.74, 6) is 0.633. The number of rotatable bonds is 7. The zero-order valence-electron chi connectivity index (χ0n) is 17.3. The average molecular weight is 467 g/mol. The number of ether oxygens (including phenoxy) is 1. The lowest BCUT2D eigenvalue weighted by atomic mass is 10.2. The minimum absolute atomic E-state index is 0.202. The van der Waals surface area contributed by atoms with E-state index in [4.69, 9.17) is 16.3 Å². The predicted molar refractivity (Wildman–Crippen MR) is 124 cm³/mol. The van der Waals surface area contributed by atoms with Crippen molar-refractivity contribution in [3.63, 3.8) is 0 Å². The van der Waals surface area contributed by atoms with Gasteiger partial charge >= 0.3 is 0 Å². The predicted octanol–water partition coefficient (Wildman–Crippen LogP) is 4.57. The van der Waals surface area contributed by atoms with Gasteiger partial charge < -0.3 is 10.1 Å². The lowest BCUT2D eigenvalue weighted by molar-refractivity contribution is 0.102. The van der Waals surface area contributed by atoms with Crippen LogP contribution in [0.2, 0.25) is 5.02 Å². The van der Waals surface area contributed by atoms with E-state index in [-0.39, 0.29) is 11.6 Å². The summed E-state index contributed by atoms with van der Waals surface area (Å²) in [6, 6.07) is 14.4. The van der Waals surface area contributed by atoms with Crippen LogP contribution >= 0.6 is 23.4 Å². The minimum Gasteiger partial charge on any atom is -0.497 e. The van der Waals surface area contributed by atoms with Crippen molar-refractivity contribution in [3.8, 4) is 11.4 Å². The molecule has 0 aliphatic heterocycles. The summed E-state index contributed by atoms with van der Waals surface area (Å²) in [5.41, 5.74) is 3.04. The Morgan fingerprint density at radius 1 is 1.16 bits per heavy atom. The highest BCUT2D eigenvalue weighted by atomic mass is 35.5. The summed E-state index contributed by atoms with van der Waals surface area (Å²) < 4.78 is 6.84. The molecule has 2 heterocycles. The number of carbonyl (C=O) groups is 1. The van der Waals surface area contributed by atoms with E-state index in [0.717, 1.165) is 5.56 Å². The molecule has 0 aliphatic carbocycles. The monoisotopic (exact) mass is 466 g/mol. The van der Waals surface area contributed by atoms with Crippen LogP contribution in [0.15, 0.2) is 66.1 Å². The van der Waals surface area contributed by atoms with Gasteiger partial charge in [0.25, 0.3) is 5.91 Å². The van der Waals surface area contributed by atoms with Crippen LogP contribution in [-0.2, 0) is 5.75 Å². The highest BCUT2D eigenvalue weighted by Gasteiger charge is 2.22. The van der Waals surface area contributed by atoms with E-state index in [0.29, 0.717) is 38.8 Å². The average Bonchev–Trinajstić information content (AvgIpc) is 3.24. The number of aryl methyl sites for hydroxylation is 1. The van der Waals surface area contributed by atoms with E-state index in [1.807, 2.05) is 19.1 Å². The Hall–Kier alpha value is -3.43. The van der Waals surface area contributed by atoms with E-state index in [1.165, 1.54) is 11.8 Å². The summed E-state index contributed by atoms with van der Waals surface area (Å²) in [5, 5.41) is 12.4. The van der Waals surface area contributed by atoms with Crippen LogP contribution < -0.4 is 10.1 Å². The molecule has 4 aromatic rings. The maximum Gasteiger partial charge on any atom is 0.278 e. The van der Waals surface area contributed by atoms with Crippen molar-refractivity contribution >= 4 is 35.0 Å². The second kappa shape index (κ2) is 9.80. The molecule has 2 aromatic heterocycles. The Kier molecular flexibility index (Phi) is 6.67. The largest absolute Gasteiger partial charge is 0.497 e. The van der Waals surface area contributed by atoms with Crippen LogP contribution in [-0.4, -0.2) is 38.0 Å². The van der Waals surface area contributed by atoms with E-state index < -0.39 is 0 Å². The number of amides is 1. The van der Waals surface area contributed by atoms with Crippen LogP contribution in [0.4, 0.5) is 5.69 Å². The van der Waals surface area contributed by atoms with Crippen molar-refractivity contribution in [1.82, 2.24) is 25.0 Å². The van der Waals surface area contributed by atoms with E-state index in [9.17, 15) is 4.79 Å². The number of carbonyl (C=O) groups excluding carboxylic acids is 1. The highest BCUT2D eigenvalue weighted by molar-refractivity contribution is 7.98. The number of thioether (sulfide) groups is 1. The molecule has 0 saturated carbocycles. The summed E-state index contributed by atoms with van der Waals surface area (Å²) in [6.45, 7) is 1.92. The first-order valence-electron chi connectivity index (χ1n) is 9.61. The fourth-order valence-corrected chi connectivity index (χ4v) is 3.88. The van der Waals surface area contributed by atoms with Gasteiger partial charge in [0.1, 0.15) is 5.75 Å². The number of nitrogens with one attached hydrogen (secondary N) is 1. The van der Waals surface area contributed by atoms with Crippen LogP contribution in [0.3, 0.4) is 0 Å². The SMILES string of the molecule is COc1cccc(NC(=O)c2nnn(-c3ccc(C)c(Cl)c3)c2CSc2ncccn2)c1. The molecule has 0 unspecified atom stereocenters. The van der Waals surface area contributed by atoms with Gasteiger partial charge in [0.15, 0.2) is 10.9 Å². The number of hydrogen-bond acceptors (Lipinski definition) is 7. The number of methoxy groups -OCH3 is 1. The van der Waals surface area contributed by atoms with Crippen LogP contribution in [0, 0.1) is 6.92 Å². The van der Waals surface area contributed by atoms with Crippen molar-refractivity contribution < 1.29 is 9.53 Å². The van der Waals surface area contributed by atoms with Gasteiger partial charge in [0.2, 0.25) is 0 Å². The first-order valence-corrected chi connectivity index (χ1v) is 11.0. The number of halogens is 1. The Morgan fingerprint density at radius 2 is 1.97 bits per heavy atom. The van der Waals surface area contributed by atoms with Crippen molar-refractivity contribution in [1.29, 1.82) is 0 Å². The molecule has 8 nitrogen and oxygen atoms in total. The maximum absolute atomic E-state index is 13.1. The molecule has 10 heteroatoms. The van der Waals surface area contributed by atoms with Crippen molar-refractivity contribution in [2.24, 2.45) is 0 Å². The number of anilines is 1. The first kappa shape index (κ1) is 21.8. The molecule has 0 spiro atoms. The van der Waals surface area contributed by atoms with Crippen LogP contribution in [0.1, 0.15) is 21.7 Å². The third-order valence-electron chi connectivity index (χ3n) is 4.59. The van der Waals surface area contributed by atoms with Gasteiger partial charge in [-0.1, -0.05) is 40.7 Å². The molecule has 0 aliphatic rings. The summed E-state index contributed by atoms with van der Waals surface area (Å²) >= 11 is 7.70. The molecule has 2 aromatic carbocycles. The highest BCUT2D eigenvalue weighted by Crippen LogP contribution is 2.26. The molecule has 32 heavy (non-hydrogen) atoms. The summed E-state index contributed by atoms with van der Waals surface area (Å²) in [7, 11) is 1.57. The lowest BCUT2D eigenvalue weighted by Gasteiger charge is -2.10. The quantitative estimate of drug-likeness (QED) is 0.315. The molecule has 0 fully saturated rings. The molecular formula is C22H19ClN6O2S. The Bertz CT molecular complexity index is 1250. The van der Waals surface area contributed by atoms with E-state index >= 15 is 0 Å². The van der Waals surface area contributed by atoms with Gasteiger partial charge in [-0.15, -0.1) is 5.10 Å². The molecule has 1 N–H and O–H groups in total. The van der Waals surface area contributed by atoms with Gasteiger partial charge in [-0.25, -0.2) is 14.6 Å². The molecule has 0 radical (unpaired) electrons. The lowest BCUT2D eigenvalue weighted by Crippen LogP contribution is -2.15. The molecule has 162 valence electrons. The van der Waals surface area contributed by atoms with Gasteiger partial charge in [-0.2, -0.15) is 0 Å². The fourth-order valence-electron chi connectivity index (χ4n) is 2.91. The zero-order valence-corrected chi connectivity index (χ0v) is 18.9. The second-order valence-electron chi connectivity index (χ2n) is 6.74. The zero-order chi connectivity index (χ0) is 22.5. The molecule has 0 atom stereocenters. The van der Waals surface area contributed by atoms with Crippen molar-refractivity contribution in [3.05, 3.63) is 82.9 Å². The number of nitrogens with zero attached hydrogens (tertiary/aromatic N) is 5. The van der Waals surface area contributed by atoms with Crippen molar-refractivity contribution in [2.75, 3.05) is 12.4 Å². The van der Waals surface area contributed by atoms with E-state index in [1.54, 1.807) is 60.6 Å². The van der Waals surface area contributed by atoms with Crippen LogP contribution in [0.25, 0.3) is 5.69 Å².